The van der Waals surface area contributed by atoms with Crippen molar-refractivity contribution in [2.45, 2.75) is 19.1 Å². The summed E-state index contributed by atoms with van der Waals surface area (Å²) >= 11 is 7.14. The van der Waals surface area contributed by atoms with Crippen molar-refractivity contribution in [3.63, 3.8) is 0 Å². The Morgan fingerprint density at radius 3 is 2.27 bits per heavy atom. The number of benzene rings is 2. The number of nitrogens with zero attached hydrogens (tertiary/aromatic N) is 4. The van der Waals surface area contributed by atoms with Gasteiger partial charge < -0.3 is 9.80 Å². The number of amides is 2. The van der Waals surface area contributed by atoms with E-state index in [9.17, 15) is 22.8 Å². The molecule has 0 aliphatic carbocycles. The fraction of sp³-hybridized carbons (Fsp3) is 0.346. The molecule has 0 saturated carbocycles. The van der Waals surface area contributed by atoms with Crippen LogP contribution in [0.4, 0.5) is 13.2 Å². The van der Waals surface area contributed by atoms with Crippen LogP contribution >= 0.6 is 22.9 Å². The second-order valence-corrected chi connectivity index (χ2v) is 10.4. The summed E-state index contributed by atoms with van der Waals surface area (Å²) < 4.78 is 39.7. The van der Waals surface area contributed by atoms with Gasteiger partial charge in [0.1, 0.15) is 5.69 Å². The first-order valence-electron chi connectivity index (χ1n) is 11.8. The third kappa shape index (κ3) is 5.23. The molecule has 0 N–H and O–H groups in total. The van der Waals surface area contributed by atoms with Gasteiger partial charge in [-0.15, -0.1) is 11.3 Å². The smallest absolute Gasteiger partial charge is 0.335 e. The first-order chi connectivity index (χ1) is 17.6. The molecule has 37 heavy (non-hydrogen) atoms. The van der Waals surface area contributed by atoms with Gasteiger partial charge >= 0.3 is 6.18 Å². The minimum atomic E-state index is -4.55. The largest absolute Gasteiger partial charge is 0.417 e. The monoisotopic (exact) mass is 548 g/mol. The van der Waals surface area contributed by atoms with Crippen molar-refractivity contribution in [1.82, 2.24) is 19.7 Å². The van der Waals surface area contributed by atoms with Crippen molar-refractivity contribution >= 4 is 34.8 Å². The molecule has 2 aliphatic heterocycles. The maximum atomic E-state index is 13.2. The molecule has 5 rings (SSSR count). The summed E-state index contributed by atoms with van der Waals surface area (Å²) in [5.74, 6) is -0.136. The second-order valence-electron chi connectivity index (χ2n) is 9.29. The number of carbonyl (C=O) groups is 2. The number of hydrogen-bond acceptors (Lipinski definition) is 5. The molecule has 194 valence electrons. The number of aryl methyl sites for hydroxylation is 1. The Hall–Kier alpha value is -2.95. The highest BCUT2D eigenvalue weighted by Crippen LogP contribution is 2.37. The standard InChI is InChI=1S/C26H24ClF3N4O2S/c1-16-10-17(18-3-5-22(27)21(11-18)26(28,29)30)2-4-20(16)24(35)34-12-19(13-34)32-6-8-33(9-7-32)25(36)23-14-37-15-31-23/h2-5,10-11,14-15,19H,6-9,12-13H2,1H3. The molecular formula is C26H24ClF3N4O2S. The molecule has 2 aliphatic rings. The van der Waals surface area contributed by atoms with E-state index < -0.39 is 11.7 Å². The van der Waals surface area contributed by atoms with Crippen LogP contribution in [0.25, 0.3) is 11.1 Å². The molecule has 0 atom stereocenters. The van der Waals surface area contributed by atoms with Gasteiger partial charge in [-0.3, -0.25) is 14.5 Å². The number of halogens is 4. The number of piperazine rings is 1. The van der Waals surface area contributed by atoms with Crippen LogP contribution in [0.2, 0.25) is 5.02 Å². The number of carbonyl (C=O) groups excluding carboxylic acids is 2. The van der Waals surface area contributed by atoms with Crippen molar-refractivity contribution < 1.29 is 22.8 Å². The minimum absolute atomic E-state index is 0.0431. The highest BCUT2D eigenvalue weighted by Gasteiger charge is 2.37. The molecule has 3 heterocycles. The third-order valence-corrected chi connectivity index (χ3v) is 7.90. The van der Waals surface area contributed by atoms with Crippen molar-refractivity contribution in [3.05, 3.63) is 74.7 Å². The van der Waals surface area contributed by atoms with Gasteiger partial charge in [-0.05, 0) is 41.8 Å². The average Bonchev–Trinajstić information content (AvgIpc) is 3.37. The highest BCUT2D eigenvalue weighted by molar-refractivity contribution is 7.07. The number of hydrogen-bond donors (Lipinski definition) is 0. The van der Waals surface area contributed by atoms with E-state index in [-0.39, 0.29) is 22.9 Å². The van der Waals surface area contributed by atoms with E-state index in [1.807, 2.05) is 4.90 Å². The maximum absolute atomic E-state index is 13.2. The topological polar surface area (TPSA) is 56.8 Å². The van der Waals surface area contributed by atoms with E-state index >= 15 is 0 Å². The van der Waals surface area contributed by atoms with Gasteiger partial charge in [0.25, 0.3) is 11.8 Å². The van der Waals surface area contributed by atoms with Gasteiger partial charge in [0.2, 0.25) is 0 Å². The number of thiazole rings is 1. The van der Waals surface area contributed by atoms with E-state index in [0.29, 0.717) is 54.1 Å². The van der Waals surface area contributed by atoms with Crippen molar-refractivity contribution in [2.75, 3.05) is 39.3 Å². The van der Waals surface area contributed by atoms with Crippen molar-refractivity contribution in [1.29, 1.82) is 0 Å². The summed E-state index contributed by atoms with van der Waals surface area (Å²) in [4.78, 5) is 35.6. The number of likely N-dealkylation sites (tertiary alicyclic amines) is 1. The Morgan fingerprint density at radius 2 is 1.65 bits per heavy atom. The molecule has 2 amide bonds. The zero-order valence-corrected chi connectivity index (χ0v) is 21.5. The van der Waals surface area contributed by atoms with Crippen LogP contribution in [-0.2, 0) is 6.18 Å². The highest BCUT2D eigenvalue weighted by atomic mass is 35.5. The lowest BCUT2D eigenvalue weighted by molar-refractivity contribution is -0.137. The van der Waals surface area contributed by atoms with Crippen LogP contribution in [0, 0.1) is 6.92 Å². The van der Waals surface area contributed by atoms with Crippen LogP contribution in [0.15, 0.2) is 47.3 Å². The fourth-order valence-electron chi connectivity index (χ4n) is 4.80. The van der Waals surface area contributed by atoms with E-state index in [1.165, 1.54) is 23.5 Å². The van der Waals surface area contributed by atoms with Gasteiger partial charge in [-0.25, -0.2) is 4.98 Å². The lowest BCUT2D eigenvalue weighted by Gasteiger charge is -2.48. The van der Waals surface area contributed by atoms with Crippen LogP contribution < -0.4 is 0 Å². The quantitative estimate of drug-likeness (QED) is 0.457. The van der Waals surface area contributed by atoms with Crippen LogP contribution in [0.5, 0.6) is 0 Å². The van der Waals surface area contributed by atoms with Crippen LogP contribution in [0.1, 0.15) is 32.0 Å². The first kappa shape index (κ1) is 25.7. The van der Waals surface area contributed by atoms with E-state index in [2.05, 4.69) is 9.88 Å². The van der Waals surface area contributed by atoms with E-state index in [1.54, 1.807) is 40.9 Å². The molecule has 1 aromatic heterocycles. The summed E-state index contributed by atoms with van der Waals surface area (Å²) in [7, 11) is 0. The van der Waals surface area contributed by atoms with Crippen molar-refractivity contribution in [2.24, 2.45) is 0 Å². The van der Waals surface area contributed by atoms with Crippen LogP contribution in [0.3, 0.4) is 0 Å². The Balaban J connectivity index is 1.18. The summed E-state index contributed by atoms with van der Waals surface area (Å²) in [5.41, 5.74) is 3.45. The normalized spacial score (nSPS) is 17.1. The second kappa shape index (κ2) is 10.1. The molecule has 6 nitrogen and oxygen atoms in total. The first-order valence-corrected chi connectivity index (χ1v) is 13.1. The number of alkyl halides is 3. The lowest BCUT2D eigenvalue weighted by atomic mass is 9.96. The Labute approximate surface area is 221 Å². The zero-order chi connectivity index (χ0) is 26.3. The van der Waals surface area contributed by atoms with Gasteiger partial charge in [-0.1, -0.05) is 29.8 Å². The third-order valence-electron chi connectivity index (χ3n) is 6.98. The van der Waals surface area contributed by atoms with Gasteiger partial charge in [-0.2, -0.15) is 13.2 Å². The summed E-state index contributed by atoms with van der Waals surface area (Å²) in [6.07, 6.45) is -4.55. The molecule has 2 fully saturated rings. The molecule has 2 aromatic carbocycles. The van der Waals surface area contributed by atoms with Gasteiger partial charge in [0, 0.05) is 56.3 Å². The zero-order valence-electron chi connectivity index (χ0n) is 20.0. The molecule has 0 bridgehead atoms. The predicted molar refractivity (Wildman–Crippen MR) is 136 cm³/mol. The van der Waals surface area contributed by atoms with Crippen LogP contribution in [-0.4, -0.2) is 76.8 Å². The fourth-order valence-corrected chi connectivity index (χ4v) is 5.55. The van der Waals surface area contributed by atoms with E-state index in [0.717, 1.165) is 19.2 Å². The van der Waals surface area contributed by atoms with Gasteiger partial charge in [0.05, 0.1) is 16.1 Å². The molecule has 11 heteroatoms. The van der Waals surface area contributed by atoms with E-state index in [4.69, 9.17) is 11.6 Å². The Kier molecular flexibility index (Phi) is 6.99. The number of aromatic nitrogens is 1. The lowest BCUT2D eigenvalue weighted by Crippen LogP contribution is -2.64. The predicted octanol–water partition coefficient (Wildman–Crippen LogP) is 5.07. The van der Waals surface area contributed by atoms with Gasteiger partial charge in [0.15, 0.2) is 0 Å². The molecular weight excluding hydrogens is 525 g/mol. The average molecular weight is 549 g/mol. The number of rotatable bonds is 4. The molecule has 0 radical (unpaired) electrons. The van der Waals surface area contributed by atoms with Crippen molar-refractivity contribution in [3.8, 4) is 11.1 Å². The molecule has 2 saturated heterocycles. The molecule has 0 spiro atoms. The molecule has 3 aromatic rings. The summed E-state index contributed by atoms with van der Waals surface area (Å²) in [5, 5.41) is 1.41. The SMILES string of the molecule is Cc1cc(-c2ccc(Cl)c(C(F)(F)F)c2)ccc1C(=O)N1CC(N2CCN(C(=O)c3cscn3)CC2)C1. The minimum Gasteiger partial charge on any atom is -0.335 e. The maximum Gasteiger partial charge on any atom is 0.417 e. The Bertz CT molecular complexity index is 1320. The summed E-state index contributed by atoms with van der Waals surface area (Å²) in [6.45, 7) is 5.74. The Morgan fingerprint density at radius 1 is 0.973 bits per heavy atom. The summed E-state index contributed by atoms with van der Waals surface area (Å²) in [6, 6.07) is 9.12. The molecule has 0 unspecified atom stereocenters.